The maximum Gasteiger partial charge on any atom is 0.307 e. The van der Waals surface area contributed by atoms with E-state index in [1.165, 1.54) is 12.8 Å². The van der Waals surface area contributed by atoms with Gasteiger partial charge < -0.3 is 10.4 Å². The minimum Gasteiger partial charge on any atom is -0.481 e. The minimum absolute atomic E-state index is 0.117. The van der Waals surface area contributed by atoms with E-state index in [1.54, 1.807) is 0 Å². The largest absolute Gasteiger partial charge is 0.481 e. The van der Waals surface area contributed by atoms with Gasteiger partial charge in [-0.15, -0.1) is 0 Å². The van der Waals surface area contributed by atoms with Crippen molar-refractivity contribution in [1.29, 1.82) is 0 Å². The fourth-order valence-corrected chi connectivity index (χ4v) is 2.87. The van der Waals surface area contributed by atoms with Gasteiger partial charge in [0.25, 0.3) is 0 Å². The summed E-state index contributed by atoms with van der Waals surface area (Å²) in [5.41, 5.74) is 0. The van der Waals surface area contributed by atoms with E-state index in [0.717, 1.165) is 13.1 Å². The summed E-state index contributed by atoms with van der Waals surface area (Å²) < 4.78 is 0. The highest BCUT2D eigenvalue weighted by atomic mass is 16.4. The average Bonchev–Trinajstić information content (AvgIpc) is 3.28. The first kappa shape index (κ1) is 15.0. The number of hydrogen-bond acceptors (Lipinski definition) is 3. The molecule has 2 N–H and O–H groups in total. The summed E-state index contributed by atoms with van der Waals surface area (Å²) in [4.78, 5) is 25.7. The monoisotopic (exact) mass is 280 g/mol. The first-order chi connectivity index (χ1) is 9.63. The molecule has 1 saturated carbocycles. The fraction of sp³-hybridized carbons (Fsp3) is 0.733. The number of aliphatic carboxylic acids is 1. The number of carbonyl (C=O) groups is 2. The van der Waals surface area contributed by atoms with Gasteiger partial charge in [-0.25, -0.2) is 0 Å². The summed E-state index contributed by atoms with van der Waals surface area (Å²) in [6.45, 7) is 4.60. The van der Waals surface area contributed by atoms with Crippen molar-refractivity contribution in [2.75, 3.05) is 19.6 Å². The van der Waals surface area contributed by atoms with E-state index in [2.05, 4.69) is 17.1 Å². The van der Waals surface area contributed by atoms with E-state index in [1.807, 2.05) is 12.2 Å². The predicted octanol–water partition coefficient (Wildman–Crippen LogP) is 1.25. The Hall–Kier alpha value is -1.36. The molecule has 0 saturated heterocycles. The number of hydrogen-bond donors (Lipinski definition) is 2. The Morgan fingerprint density at radius 3 is 2.45 bits per heavy atom. The second-order valence-corrected chi connectivity index (χ2v) is 5.64. The maximum atomic E-state index is 12.1. The highest BCUT2D eigenvalue weighted by Gasteiger charge is 2.34. The van der Waals surface area contributed by atoms with Crippen LogP contribution in [0.4, 0.5) is 0 Å². The molecule has 0 aromatic heterocycles. The van der Waals surface area contributed by atoms with Gasteiger partial charge in [-0.05, 0) is 32.2 Å². The SMILES string of the molecule is CCN(CCNC(=O)C1CC=CCC1C(=O)O)C1CC1. The Bertz CT molecular complexity index is 391. The van der Waals surface area contributed by atoms with Crippen LogP contribution in [0.1, 0.15) is 32.6 Å². The number of rotatable bonds is 7. The molecule has 0 spiro atoms. The van der Waals surface area contributed by atoms with Gasteiger partial charge >= 0.3 is 5.97 Å². The van der Waals surface area contributed by atoms with Crippen LogP contribution in [-0.4, -0.2) is 47.6 Å². The van der Waals surface area contributed by atoms with Crippen molar-refractivity contribution >= 4 is 11.9 Å². The molecule has 5 heteroatoms. The molecule has 0 bridgehead atoms. The summed E-state index contributed by atoms with van der Waals surface area (Å²) >= 11 is 0. The van der Waals surface area contributed by atoms with Crippen molar-refractivity contribution in [3.05, 3.63) is 12.2 Å². The lowest BCUT2D eigenvalue weighted by Gasteiger charge is -2.25. The average molecular weight is 280 g/mol. The van der Waals surface area contributed by atoms with Crippen molar-refractivity contribution in [1.82, 2.24) is 10.2 Å². The zero-order valence-electron chi connectivity index (χ0n) is 12.0. The Labute approximate surface area is 120 Å². The van der Waals surface area contributed by atoms with Crippen LogP contribution < -0.4 is 5.32 Å². The van der Waals surface area contributed by atoms with Gasteiger partial charge in [0.2, 0.25) is 5.91 Å². The minimum atomic E-state index is -0.873. The van der Waals surface area contributed by atoms with E-state index in [9.17, 15) is 9.59 Å². The number of nitrogens with one attached hydrogen (secondary N) is 1. The van der Waals surface area contributed by atoms with Crippen LogP contribution in [0, 0.1) is 11.8 Å². The first-order valence-electron chi connectivity index (χ1n) is 7.53. The van der Waals surface area contributed by atoms with Crippen molar-refractivity contribution < 1.29 is 14.7 Å². The lowest BCUT2D eigenvalue weighted by molar-refractivity contribution is -0.147. The van der Waals surface area contributed by atoms with E-state index in [-0.39, 0.29) is 5.91 Å². The number of likely N-dealkylation sites (N-methyl/N-ethyl adjacent to an activating group) is 1. The zero-order chi connectivity index (χ0) is 14.5. The van der Waals surface area contributed by atoms with Crippen LogP contribution in [0.25, 0.3) is 0 Å². The molecule has 0 aliphatic heterocycles. The third kappa shape index (κ3) is 3.82. The molecular formula is C15H24N2O3. The summed E-state index contributed by atoms with van der Waals surface area (Å²) in [7, 11) is 0. The topological polar surface area (TPSA) is 69.6 Å². The molecule has 0 heterocycles. The van der Waals surface area contributed by atoms with Crippen LogP contribution in [-0.2, 0) is 9.59 Å². The maximum absolute atomic E-state index is 12.1. The molecule has 2 aliphatic carbocycles. The van der Waals surface area contributed by atoms with Gasteiger partial charge in [0.05, 0.1) is 11.8 Å². The quantitative estimate of drug-likeness (QED) is 0.689. The number of nitrogens with zero attached hydrogens (tertiary/aromatic N) is 1. The lowest BCUT2D eigenvalue weighted by Crippen LogP contribution is -2.42. The molecule has 2 aliphatic rings. The molecule has 5 nitrogen and oxygen atoms in total. The van der Waals surface area contributed by atoms with Crippen LogP contribution in [0.15, 0.2) is 12.2 Å². The van der Waals surface area contributed by atoms with E-state index in [0.29, 0.717) is 25.4 Å². The van der Waals surface area contributed by atoms with Crippen molar-refractivity contribution in [2.45, 2.75) is 38.6 Å². The smallest absolute Gasteiger partial charge is 0.307 e. The predicted molar refractivity (Wildman–Crippen MR) is 76.3 cm³/mol. The highest BCUT2D eigenvalue weighted by molar-refractivity contribution is 5.85. The summed E-state index contributed by atoms with van der Waals surface area (Å²) in [5, 5.41) is 12.1. The second kappa shape index (κ2) is 6.88. The number of carboxylic acid groups (broad SMARTS) is 1. The molecule has 2 unspecified atom stereocenters. The standard InChI is InChI=1S/C15H24N2O3/c1-2-17(11-7-8-11)10-9-16-14(18)12-5-3-4-6-13(12)15(19)20/h3-4,11-13H,2,5-10H2,1H3,(H,16,18)(H,19,20). The first-order valence-corrected chi connectivity index (χ1v) is 7.53. The van der Waals surface area contributed by atoms with Gasteiger partial charge in [-0.2, -0.15) is 0 Å². The van der Waals surface area contributed by atoms with E-state index in [4.69, 9.17) is 5.11 Å². The number of amides is 1. The lowest BCUT2D eigenvalue weighted by atomic mass is 9.82. The van der Waals surface area contributed by atoms with Crippen LogP contribution in [0.3, 0.4) is 0 Å². The molecule has 2 rings (SSSR count). The molecular weight excluding hydrogens is 256 g/mol. The van der Waals surface area contributed by atoms with Gasteiger partial charge in [0.1, 0.15) is 0 Å². The molecule has 1 amide bonds. The van der Waals surface area contributed by atoms with Gasteiger partial charge in [0.15, 0.2) is 0 Å². The summed E-state index contributed by atoms with van der Waals surface area (Å²) in [6.07, 6.45) is 7.27. The third-order valence-electron chi connectivity index (χ3n) is 4.25. The summed E-state index contributed by atoms with van der Waals surface area (Å²) in [6, 6.07) is 0.696. The van der Waals surface area contributed by atoms with E-state index < -0.39 is 17.8 Å². The third-order valence-corrected chi connectivity index (χ3v) is 4.25. The molecule has 2 atom stereocenters. The Morgan fingerprint density at radius 2 is 1.90 bits per heavy atom. The van der Waals surface area contributed by atoms with E-state index >= 15 is 0 Å². The fourth-order valence-electron chi connectivity index (χ4n) is 2.87. The van der Waals surface area contributed by atoms with Gasteiger partial charge in [0, 0.05) is 19.1 Å². The van der Waals surface area contributed by atoms with Crippen LogP contribution >= 0.6 is 0 Å². The second-order valence-electron chi connectivity index (χ2n) is 5.64. The summed E-state index contributed by atoms with van der Waals surface area (Å²) in [5.74, 6) is -1.99. The number of carbonyl (C=O) groups excluding carboxylic acids is 1. The highest BCUT2D eigenvalue weighted by Crippen LogP contribution is 2.27. The van der Waals surface area contributed by atoms with Crippen LogP contribution in [0.2, 0.25) is 0 Å². The number of allylic oxidation sites excluding steroid dienone is 2. The molecule has 0 radical (unpaired) electrons. The van der Waals surface area contributed by atoms with Crippen molar-refractivity contribution in [2.24, 2.45) is 11.8 Å². The van der Waals surface area contributed by atoms with Gasteiger partial charge in [-0.3, -0.25) is 14.5 Å². The van der Waals surface area contributed by atoms with Crippen molar-refractivity contribution in [3.63, 3.8) is 0 Å². The molecule has 112 valence electrons. The van der Waals surface area contributed by atoms with Crippen LogP contribution in [0.5, 0.6) is 0 Å². The Morgan fingerprint density at radius 1 is 1.25 bits per heavy atom. The normalized spacial score (nSPS) is 25.7. The Balaban J connectivity index is 1.78. The molecule has 20 heavy (non-hydrogen) atoms. The Kier molecular flexibility index (Phi) is 5.17. The molecule has 0 aromatic rings. The van der Waals surface area contributed by atoms with Crippen molar-refractivity contribution in [3.8, 4) is 0 Å². The number of carboxylic acids is 1. The van der Waals surface area contributed by atoms with Gasteiger partial charge in [-0.1, -0.05) is 19.1 Å². The molecule has 1 fully saturated rings. The molecule has 0 aromatic carbocycles. The zero-order valence-corrected chi connectivity index (χ0v) is 12.0.